The van der Waals surface area contributed by atoms with Gasteiger partial charge in [0.2, 0.25) is 10.0 Å². The number of piperidine rings is 1. The van der Waals surface area contributed by atoms with E-state index in [0.29, 0.717) is 31.6 Å². The third-order valence-electron chi connectivity index (χ3n) is 4.00. The molecule has 0 spiro atoms. The van der Waals surface area contributed by atoms with Gasteiger partial charge in [0.1, 0.15) is 4.90 Å². The molecule has 7 heteroatoms. The second kappa shape index (κ2) is 6.48. The van der Waals surface area contributed by atoms with Crippen LogP contribution >= 0.6 is 0 Å². The molecule has 0 aromatic carbocycles. The molecule has 1 fully saturated rings. The van der Waals surface area contributed by atoms with Gasteiger partial charge >= 0.3 is 0 Å². The quantitative estimate of drug-likeness (QED) is 0.890. The van der Waals surface area contributed by atoms with Crippen LogP contribution in [0, 0.1) is 0 Å². The Bertz CT molecular complexity index is 572. The molecule has 21 heavy (non-hydrogen) atoms. The molecule has 1 aromatic rings. The van der Waals surface area contributed by atoms with Gasteiger partial charge in [0.25, 0.3) is 0 Å². The molecule has 0 radical (unpaired) electrons. The average molecular weight is 316 g/mol. The Hall–Kier alpha value is -0.890. The Balaban J connectivity index is 2.24. The summed E-state index contributed by atoms with van der Waals surface area (Å²) in [4.78, 5) is 0.260. The molecule has 0 aliphatic carbocycles. The van der Waals surface area contributed by atoms with Crippen LogP contribution in [-0.4, -0.2) is 48.7 Å². The fourth-order valence-corrected chi connectivity index (χ4v) is 4.22. The molecule has 0 bridgehead atoms. The van der Waals surface area contributed by atoms with Crippen LogP contribution < -0.4 is 0 Å². The fraction of sp³-hybridized carbons (Fsp3) is 0.714. The van der Waals surface area contributed by atoms with Gasteiger partial charge in [-0.05, 0) is 32.8 Å². The van der Waals surface area contributed by atoms with E-state index in [9.17, 15) is 13.5 Å². The van der Waals surface area contributed by atoms with Gasteiger partial charge in [-0.2, -0.15) is 4.31 Å². The van der Waals surface area contributed by atoms with Crippen LogP contribution in [0.2, 0.25) is 0 Å². The lowest BCUT2D eigenvalue weighted by Gasteiger charge is -2.30. The summed E-state index contributed by atoms with van der Waals surface area (Å²) in [6.07, 6.45) is 3.19. The van der Waals surface area contributed by atoms with Crippen LogP contribution in [0.1, 0.15) is 38.4 Å². The van der Waals surface area contributed by atoms with Crippen LogP contribution in [0.4, 0.5) is 0 Å². The van der Waals surface area contributed by atoms with Gasteiger partial charge in [-0.3, -0.25) is 0 Å². The second-order valence-electron chi connectivity index (χ2n) is 5.67. The number of aliphatic hydroxyl groups excluding tert-OH is 1. The molecule has 0 atom stereocenters. The van der Waals surface area contributed by atoms with Crippen molar-refractivity contribution in [2.24, 2.45) is 0 Å². The predicted molar refractivity (Wildman–Crippen MR) is 79.5 cm³/mol. The lowest BCUT2D eigenvalue weighted by atomic mass is 10.1. The third-order valence-corrected chi connectivity index (χ3v) is 5.86. The van der Waals surface area contributed by atoms with Crippen molar-refractivity contribution in [2.75, 3.05) is 20.2 Å². The van der Waals surface area contributed by atoms with Crippen molar-refractivity contribution in [1.82, 2.24) is 8.87 Å². The average Bonchev–Trinajstić information content (AvgIpc) is 2.92. The zero-order chi connectivity index (χ0) is 15.6. The first-order chi connectivity index (χ1) is 9.90. The zero-order valence-corrected chi connectivity index (χ0v) is 13.6. The molecule has 1 saturated heterocycles. The summed E-state index contributed by atoms with van der Waals surface area (Å²) in [6.45, 7) is 4.70. The summed E-state index contributed by atoms with van der Waals surface area (Å²) >= 11 is 0. The topological polar surface area (TPSA) is 71.8 Å². The van der Waals surface area contributed by atoms with E-state index >= 15 is 0 Å². The second-order valence-corrected chi connectivity index (χ2v) is 7.60. The van der Waals surface area contributed by atoms with Crippen LogP contribution in [0.15, 0.2) is 17.2 Å². The number of aliphatic hydroxyl groups is 1. The number of hydrogen-bond donors (Lipinski definition) is 1. The van der Waals surface area contributed by atoms with Crippen molar-refractivity contribution in [1.29, 1.82) is 0 Å². The molecule has 0 saturated carbocycles. The van der Waals surface area contributed by atoms with E-state index in [0.717, 1.165) is 0 Å². The highest BCUT2D eigenvalue weighted by atomic mass is 32.2. The van der Waals surface area contributed by atoms with Crippen LogP contribution in [-0.2, 0) is 21.4 Å². The lowest BCUT2D eigenvalue weighted by molar-refractivity contribution is 0.0604. The number of rotatable bonds is 5. The van der Waals surface area contributed by atoms with Crippen molar-refractivity contribution < 1.29 is 18.3 Å². The summed E-state index contributed by atoms with van der Waals surface area (Å²) in [6, 6.07) is 1.67. The summed E-state index contributed by atoms with van der Waals surface area (Å²) in [5.41, 5.74) is 0.621. The summed E-state index contributed by atoms with van der Waals surface area (Å²) in [5.74, 6) is 0. The van der Waals surface area contributed by atoms with Gasteiger partial charge in [-0.15, -0.1) is 0 Å². The largest absolute Gasteiger partial charge is 0.390 e. The van der Waals surface area contributed by atoms with E-state index in [4.69, 9.17) is 4.74 Å². The molecule has 0 unspecified atom stereocenters. The highest BCUT2D eigenvalue weighted by Gasteiger charge is 2.30. The van der Waals surface area contributed by atoms with E-state index in [1.54, 1.807) is 23.9 Å². The monoisotopic (exact) mass is 316 g/mol. The summed E-state index contributed by atoms with van der Waals surface area (Å²) < 4.78 is 33.9. The molecule has 1 N–H and O–H groups in total. The van der Waals surface area contributed by atoms with E-state index < -0.39 is 10.0 Å². The minimum atomic E-state index is -3.49. The minimum Gasteiger partial charge on any atom is -0.390 e. The Morgan fingerprint density at radius 1 is 1.38 bits per heavy atom. The van der Waals surface area contributed by atoms with Crippen molar-refractivity contribution in [3.63, 3.8) is 0 Å². The smallest absolute Gasteiger partial charge is 0.244 e. The molecular weight excluding hydrogens is 292 g/mol. The molecule has 1 aliphatic heterocycles. The molecule has 2 heterocycles. The highest BCUT2D eigenvalue weighted by Crippen LogP contribution is 2.25. The first-order valence-corrected chi connectivity index (χ1v) is 8.68. The molecule has 1 aliphatic rings. The van der Waals surface area contributed by atoms with Gasteiger partial charge in [-0.1, -0.05) is 0 Å². The van der Waals surface area contributed by atoms with Gasteiger partial charge in [0.15, 0.2) is 0 Å². The normalized spacial score (nSPS) is 18.5. The summed E-state index contributed by atoms with van der Waals surface area (Å²) in [7, 11) is -1.84. The number of ether oxygens (including phenoxy) is 1. The maximum absolute atomic E-state index is 12.7. The number of hydrogen-bond acceptors (Lipinski definition) is 4. The molecule has 1 aromatic heterocycles. The standard InChI is InChI=1S/C14H24N2O4S/c1-11(2)16-9-14(8-12(16)10-17)21(18,19)15-6-4-13(20-3)5-7-15/h8-9,11,13,17H,4-7,10H2,1-3H3. The van der Waals surface area contributed by atoms with Gasteiger partial charge in [-0.25, -0.2) is 8.42 Å². The van der Waals surface area contributed by atoms with Crippen molar-refractivity contribution in [2.45, 2.75) is 50.3 Å². The van der Waals surface area contributed by atoms with Crippen LogP contribution in [0.5, 0.6) is 0 Å². The first kappa shape index (κ1) is 16.5. The maximum atomic E-state index is 12.7. The molecule has 6 nitrogen and oxygen atoms in total. The predicted octanol–water partition coefficient (Wildman–Crippen LogP) is 1.36. The first-order valence-electron chi connectivity index (χ1n) is 7.24. The molecular formula is C14H24N2O4S. The molecule has 120 valence electrons. The van der Waals surface area contributed by atoms with Crippen LogP contribution in [0.25, 0.3) is 0 Å². The Morgan fingerprint density at radius 2 is 2.00 bits per heavy atom. The Morgan fingerprint density at radius 3 is 2.43 bits per heavy atom. The highest BCUT2D eigenvalue weighted by molar-refractivity contribution is 7.89. The number of aromatic nitrogens is 1. The molecule has 0 amide bonds. The number of methoxy groups -OCH3 is 1. The SMILES string of the molecule is COC1CCN(S(=O)(=O)c2cc(CO)n(C(C)C)c2)CC1. The minimum absolute atomic E-state index is 0.107. The van der Waals surface area contributed by atoms with Gasteiger partial charge < -0.3 is 14.4 Å². The van der Waals surface area contributed by atoms with Gasteiger partial charge in [0.05, 0.1) is 12.7 Å². The summed E-state index contributed by atoms with van der Waals surface area (Å²) in [5, 5.41) is 9.38. The fourth-order valence-electron chi connectivity index (χ4n) is 2.70. The van der Waals surface area contributed by atoms with E-state index in [-0.39, 0.29) is 23.6 Å². The number of nitrogens with zero attached hydrogens (tertiary/aromatic N) is 2. The lowest BCUT2D eigenvalue weighted by Crippen LogP contribution is -2.40. The zero-order valence-electron chi connectivity index (χ0n) is 12.8. The van der Waals surface area contributed by atoms with Gasteiger partial charge in [0, 0.05) is 38.1 Å². The Labute approximate surface area is 126 Å². The van der Waals surface area contributed by atoms with Crippen molar-refractivity contribution >= 4 is 10.0 Å². The molecule has 2 rings (SSSR count). The number of sulfonamides is 1. The third kappa shape index (κ3) is 3.31. The van der Waals surface area contributed by atoms with E-state index in [1.807, 2.05) is 13.8 Å². The maximum Gasteiger partial charge on any atom is 0.244 e. The van der Waals surface area contributed by atoms with Crippen molar-refractivity contribution in [3.05, 3.63) is 18.0 Å². The van der Waals surface area contributed by atoms with Crippen molar-refractivity contribution in [3.8, 4) is 0 Å². The Kier molecular flexibility index (Phi) is 5.08. The van der Waals surface area contributed by atoms with Crippen LogP contribution in [0.3, 0.4) is 0 Å². The van der Waals surface area contributed by atoms with E-state index in [2.05, 4.69) is 0 Å². The van der Waals surface area contributed by atoms with E-state index in [1.165, 1.54) is 4.31 Å².